The summed E-state index contributed by atoms with van der Waals surface area (Å²) in [4.78, 5) is 0. The molecule has 3 aromatic carbocycles. The van der Waals surface area contributed by atoms with E-state index >= 15 is 0 Å². The minimum Gasteiger partial charge on any atom is -0.461 e. The molecule has 3 aliphatic rings. The fourth-order valence-electron chi connectivity index (χ4n) is 5.63. The summed E-state index contributed by atoms with van der Waals surface area (Å²) in [6, 6.07) is 22.2. The van der Waals surface area contributed by atoms with Crippen molar-refractivity contribution in [1.29, 1.82) is 0 Å². The second-order valence-electron chi connectivity index (χ2n) is 8.18. The molecule has 3 aliphatic carbocycles. The van der Waals surface area contributed by atoms with Gasteiger partial charge in [-0.05, 0) is 48.2 Å². The lowest BCUT2D eigenvalue weighted by atomic mass is 9.60. The van der Waals surface area contributed by atoms with E-state index in [4.69, 9.17) is 8.83 Å². The fourth-order valence-corrected chi connectivity index (χ4v) is 5.63. The van der Waals surface area contributed by atoms with Gasteiger partial charge in [0.15, 0.2) is 0 Å². The third-order valence-corrected chi connectivity index (χ3v) is 6.58. The van der Waals surface area contributed by atoms with Crippen LogP contribution in [0.25, 0.3) is 21.9 Å². The van der Waals surface area contributed by atoms with Crippen molar-refractivity contribution in [2.75, 3.05) is 0 Å². The van der Waals surface area contributed by atoms with Gasteiger partial charge in [0.05, 0.1) is 0 Å². The lowest BCUT2D eigenvalue weighted by Crippen LogP contribution is -2.27. The molecule has 0 unspecified atom stereocenters. The van der Waals surface area contributed by atoms with Gasteiger partial charge in [-0.3, -0.25) is 0 Å². The van der Waals surface area contributed by atoms with Crippen LogP contribution >= 0.6 is 0 Å². The van der Waals surface area contributed by atoms with Gasteiger partial charge in [-0.1, -0.05) is 48.5 Å². The highest BCUT2D eigenvalue weighted by Gasteiger charge is 2.44. The normalized spacial score (nSPS) is 19.1. The van der Waals surface area contributed by atoms with E-state index < -0.39 is 0 Å². The molecule has 0 saturated heterocycles. The average molecular weight is 362 g/mol. The molecule has 0 aliphatic heterocycles. The molecule has 0 spiro atoms. The zero-order valence-electron chi connectivity index (χ0n) is 15.7. The lowest BCUT2D eigenvalue weighted by Gasteiger charge is -2.41. The van der Waals surface area contributed by atoms with E-state index in [9.17, 15) is 0 Å². The van der Waals surface area contributed by atoms with Gasteiger partial charge in [0.2, 0.25) is 0 Å². The SMILES string of the molecule is Cc1cc2ccc3c(c2o1)C1c2ccccc2C3c2ccc3cc(C)oc3c21. The maximum absolute atomic E-state index is 6.24. The van der Waals surface area contributed by atoms with E-state index in [1.807, 2.05) is 13.8 Å². The Hall–Kier alpha value is -3.26. The van der Waals surface area contributed by atoms with E-state index in [1.54, 1.807) is 0 Å². The second kappa shape index (κ2) is 4.77. The molecule has 0 radical (unpaired) electrons. The standard InChI is InChI=1S/C26H18O2/c1-13-11-15-7-9-19-21-17-5-3-4-6-18(17)22(23(19)25(15)27-13)24-20(21)10-8-16-12-14(2)28-26(16)24/h3-12,21-22H,1-2H3. The molecule has 2 heteroatoms. The number of aryl methyl sites for hydroxylation is 2. The number of fused-ring (bicyclic) bond motifs is 2. The summed E-state index contributed by atoms with van der Waals surface area (Å²) < 4.78 is 12.5. The molecule has 0 amide bonds. The molecule has 134 valence electrons. The average Bonchev–Trinajstić information content (AvgIpc) is 3.28. The first-order chi connectivity index (χ1) is 13.7. The van der Waals surface area contributed by atoms with Gasteiger partial charge in [-0.15, -0.1) is 0 Å². The van der Waals surface area contributed by atoms with Gasteiger partial charge in [-0.2, -0.15) is 0 Å². The van der Waals surface area contributed by atoms with E-state index in [1.165, 1.54) is 44.2 Å². The molecule has 2 aromatic heterocycles. The van der Waals surface area contributed by atoms with Gasteiger partial charge in [0.25, 0.3) is 0 Å². The van der Waals surface area contributed by atoms with Crippen LogP contribution in [0.1, 0.15) is 56.7 Å². The quantitative estimate of drug-likeness (QED) is 0.297. The largest absolute Gasteiger partial charge is 0.461 e. The monoisotopic (exact) mass is 362 g/mol. The summed E-state index contributed by atoms with van der Waals surface area (Å²) in [7, 11) is 0. The molecule has 28 heavy (non-hydrogen) atoms. The van der Waals surface area contributed by atoms with Crippen molar-refractivity contribution in [3.05, 3.63) is 106 Å². The highest BCUT2D eigenvalue weighted by atomic mass is 16.3. The highest BCUT2D eigenvalue weighted by Crippen LogP contribution is 2.58. The second-order valence-corrected chi connectivity index (χ2v) is 8.18. The highest BCUT2D eigenvalue weighted by molar-refractivity contribution is 5.92. The van der Waals surface area contributed by atoms with E-state index in [0.29, 0.717) is 0 Å². The van der Waals surface area contributed by atoms with Gasteiger partial charge >= 0.3 is 0 Å². The van der Waals surface area contributed by atoms with Crippen LogP contribution in [-0.2, 0) is 0 Å². The van der Waals surface area contributed by atoms with E-state index in [-0.39, 0.29) is 11.8 Å². The summed E-state index contributed by atoms with van der Waals surface area (Å²) in [5, 5.41) is 2.37. The Kier molecular flexibility index (Phi) is 2.51. The third kappa shape index (κ3) is 1.61. The smallest absolute Gasteiger partial charge is 0.138 e. The molecule has 8 rings (SSSR count). The zero-order chi connectivity index (χ0) is 18.6. The number of hydrogen-bond donors (Lipinski definition) is 0. The molecule has 5 aromatic rings. The fraction of sp³-hybridized carbons (Fsp3) is 0.154. The minimum absolute atomic E-state index is 0.148. The summed E-state index contributed by atoms with van der Waals surface area (Å²) in [5.74, 6) is 2.31. The Labute approximate surface area is 162 Å². The first kappa shape index (κ1) is 14.8. The van der Waals surface area contributed by atoms with Crippen molar-refractivity contribution in [2.24, 2.45) is 0 Å². The Morgan fingerprint density at radius 2 is 1.07 bits per heavy atom. The van der Waals surface area contributed by atoms with Crippen LogP contribution in [0.5, 0.6) is 0 Å². The Morgan fingerprint density at radius 3 is 1.61 bits per heavy atom. The number of rotatable bonds is 0. The van der Waals surface area contributed by atoms with E-state index in [2.05, 4.69) is 60.7 Å². The summed E-state index contributed by atoms with van der Waals surface area (Å²) in [6.45, 7) is 4.06. The molecule has 0 N–H and O–H groups in total. The maximum atomic E-state index is 6.24. The third-order valence-electron chi connectivity index (χ3n) is 6.58. The molecule has 2 bridgehead atoms. The lowest BCUT2D eigenvalue weighted by molar-refractivity contribution is 0.561. The molecule has 0 atom stereocenters. The van der Waals surface area contributed by atoms with E-state index in [0.717, 1.165) is 22.7 Å². The molecule has 2 heterocycles. The molecule has 0 saturated carbocycles. The molecule has 2 nitrogen and oxygen atoms in total. The topological polar surface area (TPSA) is 26.3 Å². The first-order valence-corrected chi connectivity index (χ1v) is 9.85. The van der Waals surface area contributed by atoms with Crippen molar-refractivity contribution in [3.63, 3.8) is 0 Å². The molecule has 0 fully saturated rings. The predicted molar refractivity (Wildman–Crippen MR) is 110 cm³/mol. The number of benzene rings is 3. The van der Waals surface area contributed by atoms with Crippen LogP contribution in [0.3, 0.4) is 0 Å². The van der Waals surface area contributed by atoms with Crippen molar-refractivity contribution in [1.82, 2.24) is 0 Å². The van der Waals surface area contributed by atoms with Crippen molar-refractivity contribution < 1.29 is 8.83 Å². The zero-order valence-corrected chi connectivity index (χ0v) is 15.7. The van der Waals surface area contributed by atoms with Gasteiger partial charge in [0, 0.05) is 33.7 Å². The van der Waals surface area contributed by atoms with Crippen LogP contribution in [-0.4, -0.2) is 0 Å². The first-order valence-electron chi connectivity index (χ1n) is 9.85. The van der Waals surface area contributed by atoms with Crippen molar-refractivity contribution in [3.8, 4) is 0 Å². The summed E-state index contributed by atoms with van der Waals surface area (Å²) in [6.07, 6.45) is 0. The summed E-state index contributed by atoms with van der Waals surface area (Å²) in [5.41, 5.74) is 10.3. The van der Waals surface area contributed by atoms with Crippen LogP contribution in [0.15, 0.2) is 69.5 Å². The molecular formula is C26H18O2. The number of hydrogen-bond acceptors (Lipinski definition) is 2. The Balaban J connectivity index is 1.69. The number of furan rings is 2. The van der Waals surface area contributed by atoms with Crippen molar-refractivity contribution in [2.45, 2.75) is 25.7 Å². The van der Waals surface area contributed by atoms with Crippen LogP contribution in [0.4, 0.5) is 0 Å². The molecular weight excluding hydrogens is 344 g/mol. The minimum atomic E-state index is 0.148. The van der Waals surface area contributed by atoms with Crippen LogP contribution < -0.4 is 0 Å². The van der Waals surface area contributed by atoms with Crippen molar-refractivity contribution >= 4 is 21.9 Å². The predicted octanol–water partition coefficient (Wildman–Crippen LogP) is 6.78. The Morgan fingerprint density at radius 1 is 0.571 bits per heavy atom. The van der Waals surface area contributed by atoms with Gasteiger partial charge in [0.1, 0.15) is 22.7 Å². The van der Waals surface area contributed by atoms with Crippen LogP contribution in [0, 0.1) is 13.8 Å². The summed E-state index contributed by atoms with van der Waals surface area (Å²) >= 11 is 0. The van der Waals surface area contributed by atoms with Crippen LogP contribution in [0.2, 0.25) is 0 Å². The Bertz CT molecular complexity index is 1360. The maximum Gasteiger partial charge on any atom is 0.138 e. The van der Waals surface area contributed by atoms with Gasteiger partial charge in [-0.25, -0.2) is 0 Å². The van der Waals surface area contributed by atoms with Gasteiger partial charge < -0.3 is 8.83 Å².